The Morgan fingerprint density at radius 1 is 1.00 bits per heavy atom. The van der Waals surface area contributed by atoms with Crippen molar-refractivity contribution in [2.24, 2.45) is 5.41 Å². The van der Waals surface area contributed by atoms with Gasteiger partial charge < -0.3 is 4.43 Å². The molecular weight excluding hydrogens is 260 g/mol. The van der Waals surface area contributed by atoms with E-state index in [-0.39, 0.29) is 10.8 Å². The average Bonchev–Trinajstić information content (AvgIpc) is 2.25. The van der Waals surface area contributed by atoms with Crippen LogP contribution in [0.3, 0.4) is 0 Å². The number of benzene rings is 1. The molecule has 1 unspecified atom stereocenters. The predicted molar refractivity (Wildman–Crippen MR) is 89.3 cm³/mol. The molecule has 0 radical (unpaired) electrons. The van der Waals surface area contributed by atoms with Crippen molar-refractivity contribution in [2.75, 3.05) is 0 Å². The fourth-order valence-corrected chi connectivity index (χ4v) is 4.37. The molecule has 1 aromatic rings. The van der Waals surface area contributed by atoms with E-state index in [0.29, 0.717) is 0 Å². The Kier molecular flexibility index (Phi) is 3.89. The van der Waals surface area contributed by atoms with E-state index in [9.17, 15) is 0 Å². The highest BCUT2D eigenvalue weighted by molar-refractivity contribution is 6.70. The van der Waals surface area contributed by atoms with E-state index in [1.807, 2.05) is 0 Å². The lowest BCUT2D eigenvalue weighted by Crippen LogP contribution is -2.36. The Balaban J connectivity index is 2.39. The maximum Gasteiger partial charge on any atom is 0.241 e. The predicted octanol–water partition coefficient (Wildman–Crippen LogP) is 5.50. The summed E-state index contributed by atoms with van der Waals surface area (Å²) in [6, 6.07) is 10.8. The first-order chi connectivity index (χ1) is 9.10. The molecule has 0 spiro atoms. The summed E-state index contributed by atoms with van der Waals surface area (Å²) in [5.74, 6) is 1.20. The van der Waals surface area contributed by atoms with Crippen LogP contribution in [-0.2, 0) is 9.84 Å². The summed E-state index contributed by atoms with van der Waals surface area (Å²) in [6.07, 6.45) is 4.61. The molecule has 0 saturated carbocycles. The zero-order chi connectivity index (χ0) is 15.0. The maximum atomic E-state index is 6.33. The van der Waals surface area contributed by atoms with Gasteiger partial charge in [-0.05, 0) is 43.1 Å². The molecule has 2 rings (SSSR count). The van der Waals surface area contributed by atoms with Gasteiger partial charge in [-0.2, -0.15) is 0 Å². The SMILES string of the molecule is CC1(C)CC(O[Si](C)(C)C)=CC(C)(c2ccccc2)C1. The first kappa shape index (κ1) is 15.4. The van der Waals surface area contributed by atoms with E-state index in [1.54, 1.807) is 0 Å². The highest BCUT2D eigenvalue weighted by Gasteiger charge is 2.39. The Bertz CT molecular complexity index is 496. The van der Waals surface area contributed by atoms with Gasteiger partial charge >= 0.3 is 0 Å². The van der Waals surface area contributed by atoms with Gasteiger partial charge in [0.2, 0.25) is 8.32 Å². The van der Waals surface area contributed by atoms with Gasteiger partial charge in [0.25, 0.3) is 0 Å². The normalized spacial score (nSPS) is 26.0. The lowest BCUT2D eigenvalue weighted by atomic mass is 9.65. The van der Waals surface area contributed by atoms with Crippen molar-refractivity contribution in [2.45, 2.75) is 58.7 Å². The highest BCUT2D eigenvalue weighted by Crippen LogP contribution is 2.47. The summed E-state index contributed by atoms with van der Waals surface area (Å²) in [7, 11) is -1.54. The summed E-state index contributed by atoms with van der Waals surface area (Å²) in [4.78, 5) is 0. The minimum Gasteiger partial charge on any atom is -0.548 e. The summed E-state index contributed by atoms with van der Waals surface area (Å²) >= 11 is 0. The van der Waals surface area contributed by atoms with Crippen LogP contribution in [0.1, 0.15) is 39.2 Å². The first-order valence-corrected chi connectivity index (χ1v) is 11.0. The van der Waals surface area contributed by atoms with Crippen LogP contribution in [0.5, 0.6) is 0 Å². The third-order valence-corrected chi connectivity index (χ3v) is 4.72. The van der Waals surface area contributed by atoms with Crippen LogP contribution in [0, 0.1) is 5.41 Å². The molecule has 110 valence electrons. The van der Waals surface area contributed by atoms with Gasteiger partial charge in [-0.3, -0.25) is 0 Å². The molecule has 0 heterocycles. The molecule has 2 heteroatoms. The molecule has 1 aromatic carbocycles. The Morgan fingerprint density at radius 2 is 1.60 bits per heavy atom. The van der Waals surface area contributed by atoms with Gasteiger partial charge in [-0.15, -0.1) is 0 Å². The molecule has 1 aliphatic rings. The lowest BCUT2D eigenvalue weighted by Gasteiger charge is -2.42. The molecule has 0 bridgehead atoms. The molecule has 1 atom stereocenters. The van der Waals surface area contributed by atoms with Gasteiger partial charge in [-0.1, -0.05) is 51.1 Å². The molecule has 1 nitrogen and oxygen atoms in total. The fraction of sp³-hybridized carbons (Fsp3) is 0.556. The quantitative estimate of drug-likeness (QED) is 0.667. The zero-order valence-corrected chi connectivity index (χ0v) is 14.8. The largest absolute Gasteiger partial charge is 0.548 e. The molecule has 0 amide bonds. The topological polar surface area (TPSA) is 9.23 Å². The van der Waals surface area contributed by atoms with Crippen LogP contribution in [0.4, 0.5) is 0 Å². The van der Waals surface area contributed by atoms with Gasteiger partial charge in [0, 0.05) is 11.8 Å². The van der Waals surface area contributed by atoms with E-state index < -0.39 is 8.32 Å². The van der Waals surface area contributed by atoms with Crippen molar-refractivity contribution in [3.05, 3.63) is 47.7 Å². The van der Waals surface area contributed by atoms with Crippen LogP contribution in [0.15, 0.2) is 42.2 Å². The third kappa shape index (κ3) is 3.75. The number of rotatable bonds is 3. The summed E-state index contributed by atoms with van der Waals surface area (Å²) in [5.41, 5.74) is 1.76. The van der Waals surface area contributed by atoms with Crippen molar-refractivity contribution in [3.63, 3.8) is 0 Å². The second kappa shape index (κ2) is 5.07. The van der Waals surface area contributed by atoms with Gasteiger partial charge in [0.05, 0.1) is 5.76 Å². The van der Waals surface area contributed by atoms with Gasteiger partial charge in [0.15, 0.2) is 0 Å². The molecule has 0 aromatic heterocycles. The monoisotopic (exact) mass is 288 g/mol. The molecule has 0 fully saturated rings. The second-order valence-electron chi connectivity index (χ2n) is 8.13. The number of hydrogen-bond acceptors (Lipinski definition) is 1. The molecule has 20 heavy (non-hydrogen) atoms. The summed E-state index contributed by atoms with van der Waals surface area (Å²) < 4.78 is 6.33. The van der Waals surface area contributed by atoms with Crippen LogP contribution >= 0.6 is 0 Å². The van der Waals surface area contributed by atoms with E-state index in [1.165, 1.54) is 17.7 Å². The van der Waals surface area contributed by atoms with Crippen LogP contribution < -0.4 is 0 Å². The maximum absolute atomic E-state index is 6.33. The van der Waals surface area contributed by atoms with Gasteiger partial charge in [-0.25, -0.2) is 0 Å². The van der Waals surface area contributed by atoms with Crippen molar-refractivity contribution >= 4 is 8.32 Å². The van der Waals surface area contributed by atoms with Crippen LogP contribution in [0.2, 0.25) is 19.6 Å². The van der Waals surface area contributed by atoms with Crippen molar-refractivity contribution in [1.29, 1.82) is 0 Å². The minimum absolute atomic E-state index is 0.0813. The molecule has 1 aliphatic carbocycles. The first-order valence-electron chi connectivity index (χ1n) is 7.56. The standard InChI is InChI=1S/C18H28OSi/c1-17(2)12-16(19-20(4,5)6)13-18(3,14-17)15-10-8-7-9-11-15/h7-11,13H,12,14H2,1-6H3. The minimum atomic E-state index is -1.54. The Morgan fingerprint density at radius 3 is 2.15 bits per heavy atom. The highest BCUT2D eigenvalue weighted by atomic mass is 28.4. The molecule has 0 N–H and O–H groups in total. The van der Waals surface area contributed by atoms with Crippen LogP contribution in [0.25, 0.3) is 0 Å². The lowest BCUT2D eigenvalue weighted by molar-refractivity contribution is 0.207. The molecular formula is C18H28OSi. The summed E-state index contributed by atoms with van der Waals surface area (Å²) in [5, 5.41) is 0. The second-order valence-corrected chi connectivity index (χ2v) is 12.6. The van der Waals surface area contributed by atoms with Crippen molar-refractivity contribution in [1.82, 2.24) is 0 Å². The van der Waals surface area contributed by atoms with Crippen molar-refractivity contribution < 1.29 is 4.43 Å². The fourth-order valence-electron chi connectivity index (χ4n) is 3.45. The third-order valence-electron chi connectivity index (χ3n) is 3.85. The number of allylic oxidation sites excluding steroid dienone is 2. The van der Waals surface area contributed by atoms with E-state index >= 15 is 0 Å². The Labute approximate surface area is 125 Å². The van der Waals surface area contributed by atoms with E-state index in [2.05, 4.69) is 76.8 Å². The average molecular weight is 289 g/mol. The molecule has 0 saturated heterocycles. The molecule has 0 aliphatic heterocycles. The van der Waals surface area contributed by atoms with E-state index in [4.69, 9.17) is 4.43 Å². The Hall–Kier alpha value is -1.02. The zero-order valence-electron chi connectivity index (χ0n) is 13.8. The van der Waals surface area contributed by atoms with Gasteiger partial charge in [0.1, 0.15) is 0 Å². The van der Waals surface area contributed by atoms with E-state index in [0.717, 1.165) is 6.42 Å². The smallest absolute Gasteiger partial charge is 0.241 e. The summed E-state index contributed by atoms with van der Waals surface area (Å²) in [6.45, 7) is 13.8. The van der Waals surface area contributed by atoms with Crippen molar-refractivity contribution in [3.8, 4) is 0 Å². The number of hydrogen-bond donors (Lipinski definition) is 0. The van der Waals surface area contributed by atoms with Crippen LogP contribution in [-0.4, -0.2) is 8.32 Å².